The van der Waals surface area contributed by atoms with Gasteiger partial charge in [0, 0.05) is 24.7 Å². The summed E-state index contributed by atoms with van der Waals surface area (Å²) in [7, 11) is 0. The summed E-state index contributed by atoms with van der Waals surface area (Å²) >= 11 is 0. The lowest BCUT2D eigenvalue weighted by Gasteiger charge is -2.22. The number of hydrogen-bond donors (Lipinski definition) is 1. The van der Waals surface area contributed by atoms with Crippen molar-refractivity contribution >= 4 is 5.91 Å². The van der Waals surface area contributed by atoms with Crippen LogP contribution in [0.5, 0.6) is 0 Å². The molecule has 0 saturated carbocycles. The van der Waals surface area contributed by atoms with Gasteiger partial charge in [-0.2, -0.15) is 5.10 Å². The van der Waals surface area contributed by atoms with E-state index in [1.54, 1.807) is 6.07 Å². The van der Waals surface area contributed by atoms with Crippen molar-refractivity contribution in [1.82, 2.24) is 15.3 Å². The Labute approximate surface area is 139 Å². The molecule has 1 N–H and O–H groups in total. The van der Waals surface area contributed by atoms with E-state index in [2.05, 4.69) is 10.6 Å². The second kappa shape index (κ2) is 7.85. The summed E-state index contributed by atoms with van der Waals surface area (Å²) in [5.74, 6) is -0.455. The lowest BCUT2D eigenvalue weighted by molar-refractivity contribution is -0.200. The standard InChI is InChI=1S/C17H19N3O4/c21-15(19-24-17-8-4-5-11-23-17)12-20-16(22)10-9-14(18-20)13-6-2-1-3-7-13/h1-3,6-7,9-10,17H,4-5,8,11-12H2,(H,19,21). The van der Waals surface area contributed by atoms with E-state index in [0.717, 1.165) is 29.5 Å². The Morgan fingerprint density at radius 3 is 2.83 bits per heavy atom. The molecule has 126 valence electrons. The number of hydrogen-bond acceptors (Lipinski definition) is 5. The Morgan fingerprint density at radius 2 is 2.08 bits per heavy atom. The highest BCUT2D eigenvalue weighted by Gasteiger charge is 2.16. The molecular formula is C17H19N3O4. The van der Waals surface area contributed by atoms with Crippen LogP contribution < -0.4 is 11.0 Å². The maximum absolute atomic E-state index is 12.0. The summed E-state index contributed by atoms with van der Waals surface area (Å²) in [6.07, 6.45) is 2.31. The lowest BCUT2D eigenvalue weighted by Crippen LogP contribution is -2.37. The predicted octanol–water partition coefficient (Wildman–Crippen LogP) is 1.48. The molecule has 1 aromatic heterocycles. The molecule has 24 heavy (non-hydrogen) atoms. The molecule has 7 nitrogen and oxygen atoms in total. The minimum Gasteiger partial charge on any atom is -0.350 e. The fourth-order valence-electron chi connectivity index (χ4n) is 2.43. The second-order valence-corrected chi connectivity index (χ2v) is 5.52. The first-order valence-electron chi connectivity index (χ1n) is 7.92. The maximum Gasteiger partial charge on any atom is 0.267 e. The van der Waals surface area contributed by atoms with E-state index in [-0.39, 0.29) is 12.1 Å². The van der Waals surface area contributed by atoms with Gasteiger partial charge < -0.3 is 4.74 Å². The van der Waals surface area contributed by atoms with Crippen molar-refractivity contribution in [2.45, 2.75) is 32.1 Å². The summed E-state index contributed by atoms with van der Waals surface area (Å²) in [6, 6.07) is 12.5. The summed E-state index contributed by atoms with van der Waals surface area (Å²) in [5.41, 5.74) is 3.47. The number of carbonyl (C=O) groups excluding carboxylic acids is 1. The van der Waals surface area contributed by atoms with Crippen LogP contribution >= 0.6 is 0 Å². The van der Waals surface area contributed by atoms with Gasteiger partial charge >= 0.3 is 0 Å². The first-order valence-corrected chi connectivity index (χ1v) is 7.92. The average molecular weight is 329 g/mol. The van der Waals surface area contributed by atoms with E-state index in [1.807, 2.05) is 30.3 Å². The summed E-state index contributed by atoms with van der Waals surface area (Å²) in [6.45, 7) is 0.410. The highest BCUT2D eigenvalue weighted by Crippen LogP contribution is 2.14. The zero-order valence-corrected chi connectivity index (χ0v) is 13.2. The molecule has 1 atom stereocenters. The van der Waals surface area contributed by atoms with E-state index in [0.29, 0.717) is 12.3 Å². The van der Waals surface area contributed by atoms with E-state index < -0.39 is 12.2 Å². The number of benzene rings is 1. The normalized spacial score (nSPS) is 17.4. The molecule has 3 rings (SSSR count). The monoisotopic (exact) mass is 329 g/mol. The SMILES string of the molecule is O=C(Cn1nc(-c2ccccc2)ccc1=O)NOC1CCCCO1. The van der Waals surface area contributed by atoms with Gasteiger partial charge in [0.2, 0.25) is 0 Å². The van der Waals surface area contributed by atoms with Gasteiger partial charge in [-0.3, -0.25) is 9.59 Å². The third kappa shape index (κ3) is 4.27. The van der Waals surface area contributed by atoms with Crippen LogP contribution in [0.4, 0.5) is 0 Å². The van der Waals surface area contributed by atoms with Crippen molar-refractivity contribution in [2.75, 3.05) is 6.61 Å². The molecule has 1 amide bonds. The van der Waals surface area contributed by atoms with Crippen molar-refractivity contribution in [3.8, 4) is 11.3 Å². The van der Waals surface area contributed by atoms with E-state index in [4.69, 9.17) is 9.57 Å². The number of ether oxygens (including phenoxy) is 1. The van der Waals surface area contributed by atoms with Gasteiger partial charge in [-0.05, 0) is 18.9 Å². The molecule has 1 fully saturated rings. The number of amides is 1. The fraction of sp³-hybridized carbons (Fsp3) is 0.353. The van der Waals surface area contributed by atoms with Crippen molar-refractivity contribution in [1.29, 1.82) is 0 Å². The summed E-state index contributed by atoms with van der Waals surface area (Å²) < 4.78 is 6.47. The average Bonchev–Trinajstić information content (AvgIpc) is 2.63. The molecule has 1 aliphatic heterocycles. The van der Waals surface area contributed by atoms with Crippen molar-refractivity contribution in [3.63, 3.8) is 0 Å². The Morgan fingerprint density at radius 1 is 1.25 bits per heavy atom. The number of nitrogens with one attached hydrogen (secondary N) is 1. The van der Waals surface area contributed by atoms with Crippen molar-refractivity contribution in [3.05, 3.63) is 52.8 Å². The zero-order valence-electron chi connectivity index (χ0n) is 13.2. The molecule has 1 saturated heterocycles. The molecule has 1 unspecified atom stereocenters. The molecule has 0 spiro atoms. The molecule has 2 aromatic rings. The minimum absolute atomic E-state index is 0.216. The predicted molar refractivity (Wildman–Crippen MR) is 86.8 cm³/mol. The number of carbonyl (C=O) groups is 1. The molecule has 1 aliphatic rings. The van der Waals surface area contributed by atoms with Crippen LogP contribution in [0.3, 0.4) is 0 Å². The first-order chi connectivity index (χ1) is 11.7. The highest BCUT2D eigenvalue weighted by molar-refractivity contribution is 5.74. The lowest BCUT2D eigenvalue weighted by atomic mass is 10.1. The Kier molecular flexibility index (Phi) is 5.35. The van der Waals surface area contributed by atoms with Gasteiger partial charge in [0.25, 0.3) is 11.5 Å². The molecule has 7 heteroatoms. The van der Waals surface area contributed by atoms with Crippen molar-refractivity contribution in [2.24, 2.45) is 0 Å². The van der Waals surface area contributed by atoms with Crippen LogP contribution in [-0.2, 0) is 20.9 Å². The first kappa shape index (κ1) is 16.4. The Hall–Kier alpha value is -2.51. The van der Waals surface area contributed by atoms with E-state index in [1.165, 1.54) is 6.07 Å². The van der Waals surface area contributed by atoms with Crippen LogP contribution in [0, 0.1) is 0 Å². The van der Waals surface area contributed by atoms with Crippen LogP contribution in [0.15, 0.2) is 47.3 Å². The van der Waals surface area contributed by atoms with Crippen molar-refractivity contribution < 1.29 is 14.4 Å². The number of aromatic nitrogens is 2. The third-order valence-electron chi connectivity index (χ3n) is 3.67. The number of rotatable bonds is 5. The number of nitrogens with zero attached hydrogens (tertiary/aromatic N) is 2. The zero-order chi connectivity index (χ0) is 16.8. The molecule has 2 heterocycles. The Balaban J connectivity index is 1.63. The largest absolute Gasteiger partial charge is 0.350 e. The summed E-state index contributed by atoms with van der Waals surface area (Å²) in [5, 5.41) is 4.23. The molecule has 0 bridgehead atoms. The smallest absolute Gasteiger partial charge is 0.267 e. The molecule has 1 aromatic carbocycles. The van der Waals surface area contributed by atoms with Crippen LogP contribution in [0.2, 0.25) is 0 Å². The van der Waals surface area contributed by atoms with Gasteiger partial charge in [0.15, 0.2) is 6.29 Å². The van der Waals surface area contributed by atoms with Gasteiger partial charge in [-0.25, -0.2) is 15.0 Å². The molecule has 0 aliphatic carbocycles. The maximum atomic E-state index is 12.0. The summed E-state index contributed by atoms with van der Waals surface area (Å²) in [4.78, 5) is 29.1. The minimum atomic E-state index is -0.455. The van der Waals surface area contributed by atoms with E-state index >= 15 is 0 Å². The van der Waals surface area contributed by atoms with Crippen LogP contribution in [0.25, 0.3) is 11.3 Å². The third-order valence-corrected chi connectivity index (χ3v) is 3.67. The topological polar surface area (TPSA) is 82.5 Å². The molecule has 0 radical (unpaired) electrons. The van der Waals surface area contributed by atoms with Crippen LogP contribution in [-0.4, -0.2) is 28.6 Å². The van der Waals surface area contributed by atoms with Crippen LogP contribution in [0.1, 0.15) is 19.3 Å². The number of hydroxylamine groups is 1. The highest BCUT2D eigenvalue weighted by atomic mass is 16.8. The fourth-order valence-corrected chi connectivity index (χ4v) is 2.43. The Bertz CT molecular complexity index is 739. The quantitative estimate of drug-likeness (QED) is 0.840. The van der Waals surface area contributed by atoms with Gasteiger partial charge in [0.1, 0.15) is 6.54 Å². The second-order valence-electron chi connectivity index (χ2n) is 5.52. The van der Waals surface area contributed by atoms with Gasteiger partial charge in [-0.1, -0.05) is 30.3 Å². The molecular weight excluding hydrogens is 310 g/mol. The van der Waals surface area contributed by atoms with Gasteiger partial charge in [-0.15, -0.1) is 0 Å². The van der Waals surface area contributed by atoms with E-state index in [9.17, 15) is 9.59 Å². The van der Waals surface area contributed by atoms with Gasteiger partial charge in [0.05, 0.1) is 5.69 Å².